The summed E-state index contributed by atoms with van der Waals surface area (Å²) >= 11 is 0. The van der Waals surface area contributed by atoms with Gasteiger partial charge in [-0.3, -0.25) is 13.7 Å². The number of fused-ring (bicyclic) bond motifs is 1. The van der Waals surface area contributed by atoms with Gasteiger partial charge >= 0.3 is 68.9 Å². The van der Waals surface area contributed by atoms with E-state index in [0.717, 1.165) is 42.9 Å². The number of hydrogen-bond donors (Lipinski definition) is 1. The summed E-state index contributed by atoms with van der Waals surface area (Å²) in [6.07, 6.45) is 11.5. The van der Waals surface area contributed by atoms with Gasteiger partial charge in [0.2, 0.25) is 0 Å². The molecular weight excluding hydrogens is 563 g/mol. The van der Waals surface area contributed by atoms with E-state index in [1.165, 1.54) is 16.5 Å². The number of alkyl halides is 2. The number of allylic oxidation sites excluding steroid dienone is 5. The first-order valence-electron chi connectivity index (χ1n) is 11.7. The van der Waals surface area contributed by atoms with E-state index in [2.05, 4.69) is 42.4 Å². The van der Waals surface area contributed by atoms with Crippen LogP contribution in [0.2, 0.25) is 0 Å². The molecule has 0 spiro atoms. The van der Waals surface area contributed by atoms with Crippen molar-refractivity contribution < 1.29 is 82.4 Å². The van der Waals surface area contributed by atoms with E-state index in [4.69, 9.17) is 4.74 Å². The number of benzene rings is 1. The van der Waals surface area contributed by atoms with Gasteiger partial charge in [-0.1, -0.05) is 57.2 Å². The third kappa shape index (κ3) is 17.7. The van der Waals surface area contributed by atoms with E-state index in [0.29, 0.717) is 13.6 Å². The van der Waals surface area contributed by atoms with E-state index in [-0.39, 0.29) is 83.0 Å². The van der Waals surface area contributed by atoms with E-state index in [9.17, 15) is 8.78 Å². The first-order valence-corrected chi connectivity index (χ1v) is 11.7. The average Bonchev–Trinajstić information content (AvgIpc) is 3.33. The van der Waals surface area contributed by atoms with Crippen molar-refractivity contribution in [1.29, 1.82) is 0 Å². The number of aromatic amines is 1. The zero-order valence-electron chi connectivity index (χ0n) is 24.1. The summed E-state index contributed by atoms with van der Waals surface area (Å²) in [7, 11) is 2.21. The van der Waals surface area contributed by atoms with Gasteiger partial charge in [-0.2, -0.15) is 0 Å². The van der Waals surface area contributed by atoms with E-state index < -0.39 is 0 Å². The van der Waals surface area contributed by atoms with E-state index in [1.54, 1.807) is 7.11 Å². The Labute approximate surface area is 273 Å². The summed E-state index contributed by atoms with van der Waals surface area (Å²) in [6.45, 7) is 18.2. The van der Waals surface area contributed by atoms with Crippen molar-refractivity contribution in [1.82, 2.24) is 9.88 Å². The topological polar surface area (TPSA) is 28.3 Å². The van der Waals surface area contributed by atoms with Crippen molar-refractivity contribution in [2.24, 2.45) is 0 Å². The molecule has 6 heteroatoms. The molecule has 0 saturated heterocycles. The maximum atomic E-state index is 12.5. The molecule has 0 aliphatic carbocycles. The fourth-order valence-corrected chi connectivity index (χ4v) is 3.21. The summed E-state index contributed by atoms with van der Waals surface area (Å²) in [5.41, 5.74) is 4.61. The van der Waals surface area contributed by atoms with Gasteiger partial charge in [0, 0.05) is 35.8 Å². The number of rotatable bonds is 10. The van der Waals surface area contributed by atoms with Crippen LogP contribution < -0.4 is 73.6 Å². The van der Waals surface area contributed by atoms with Crippen LogP contribution in [0.4, 0.5) is 8.78 Å². The second-order valence-electron chi connectivity index (χ2n) is 7.19. The Morgan fingerprint density at radius 3 is 2.31 bits per heavy atom. The Hall–Kier alpha value is -0.348. The zero-order valence-corrected chi connectivity index (χ0v) is 30.4. The van der Waals surface area contributed by atoms with Crippen LogP contribution in [0.1, 0.15) is 58.6 Å². The molecule has 2 rings (SSSR count). The van der Waals surface area contributed by atoms with Crippen LogP contribution in [0.25, 0.3) is 10.9 Å². The minimum Gasteiger partial charge on any atom is -0.496 e. The van der Waals surface area contributed by atoms with Gasteiger partial charge in [0.05, 0.1) is 21.0 Å². The van der Waals surface area contributed by atoms with Crippen LogP contribution in [-0.2, 0) is 6.54 Å². The number of aryl methyl sites for hydroxylation is 1. The van der Waals surface area contributed by atoms with Gasteiger partial charge in [-0.05, 0) is 57.9 Å². The second-order valence-corrected chi connectivity index (χ2v) is 7.19. The molecule has 1 N–H and O–H groups in total. The summed E-state index contributed by atoms with van der Waals surface area (Å²) in [5.74, 6) is 0.918. The molecule has 1 aromatic heterocycles. The number of methoxy groups -OCH3 is 1. The third-order valence-electron chi connectivity index (χ3n) is 4.55. The molecule has 0 aliphatic rings. The summed E-state index contributed by atoms with van der Waals surface area (Å²) < 4.78 is 27.6. The molecule has 0 aliphatic heterocycles. The van der Waals surface area contributed by atoms with Crippen molar-refractivity contribution >= 4 is 10.9 Å². The normalized spacial score (nSPS) is 9.80. The molecule has 0 fully saturated rings. The van der Waals surface area contributed by atoms with Crippen LogP contribution in [0, 0.1) is 14.4 Å². The molecule has 1 heterocycles. The summed E-state index contributed by atoms with van der Waals surface area (Å²) in [4.78, 5) is 5.60. The van der Waals surface area contributed by atoms with Crippen LogP contribution in [-0.4, -0.2) is 43.9 Å². The van der Waals surface area contributed by atoms with Gasteiger partial charge < -0.3 is 17.1 Å². The van der Waals surface area contributed by atoms with Gasteiger partial charge in [0.25, 0.3) is 0 Å². The van der Waals surface area contributed by atoms with Crippen LogP contribution in [0.5, 0.6) is 5.75 Å². The monoisotopic (exact) mass is 612 g/mol. The Balaban J connectivity index is -0.000000293. The molecule has 0 atom stereocenters. The molecule has 2 aromatic rings. The maximum absolute atomic E-state index is 12.5. The first kappa shape index (κ1) is 41.8. The molecule has 1 aromatic carbocycles. The Morgan fingerprint density at radius 2 is 1.83 bits per heavy atom. The number of nitrogens with one attached hydrogen (secondary N) is 1. The molecule has 196 valence electrons. The SMILES string of the molecule is C=C(C)/C=C\C=C/C.CC.CCCN(CCCF)Cc1c(OC)cc(C)c2[nH]ccc12.CF.[CH3-].[Cs+]. The number of H-pyrrole nitrogens is 1. The molecule has 35 heavy (non-hydrogen) atoms. The minimum atomic E-state index is -0.259. The number of hydrogen-bond acceptors (Lipinski definition) is 2. The number of halogens is 2. The van der Waals surface area contributed by atoms with E-state index >= 15 is 0 Å². The van der Waals surface area contributed by atoms with Crippen LogP contribution in [0.15, 0.2) is 54.8 Å². The average molecular weight is 613 g/mol. The quantitative estimate of drug-likeness (QED) is 0.271. The Kier molecular flexibility index (Phi) is 33.7. The van der Waals surface area contributed by atoms with Crippen LogP contribution >= 0.6 is 0 Å². The van der Waals surface area contributed by atoms with Gasteiger partial charge in [0.1, 0.15) is 5.75 Å². The third-order valence-corrected chi connectivity index (χ3v) is 4.55. The standard InChI is InChI=1S/C17H25FN2O.C8H12.C2H6.CH3F.CH3.Cs/c1-4-9-20(10-5-7-18)12-15-14-6-8-19-17(14)13(2)11-16(15)21-3;1-4-5-6-7-8(2)3;2*1-2;;/h6,8,11,19H,4-5,7,9-10,12H2,1-3H3;4-7H,2H2,1,3H3;1-2H3;1H3;1H3;/q;;;;-1;+1/b;5-4-,7-6-;;;;. The van der Waals surface area contributed by atoms with E-state index in [1.807, 2.05) is 58.2 Å². The minimum absolute atomic E-state index is 0. The fourth-order valence-electron chi connectivity index (χ4n) is 3.21. The van der Waals surface area contributed by atoms with Gasteiger partial charge in [-0.25, -0.2) is 0 Å². The zero-order chi connectivity index (χ0) is 25.6. The Bertz CT molecular complexity index is 816. The largest absolute Gasteiger partial charge is 1.00 e. The molecule has 0 unspecified atom stereocenters. The van der Waals surface area contributed by atoms with Crippen LogP contribution in [0.3, 0.4) is 0 Å². The fraction of sp³-hybridized carbons (Fsp3) is 0.483. The first-order chi connectivity index (χ1) is 16.0. The van der Waals surface area contributed by atoms with Crippen molar-refractivity contribution in [2.75, 3.05) is 34.1 Å². The molecule has 0 amide bonds. The summed E-state index contributed by atoms with van der Waals surface area (Å²) in [5, 5.41) is 1.20. The smallest absolute Gasteiger partial charge is 0.496 e. The van der Waals surface area contributed by atoms with Crippen molar-refractivity contribution in [3.8, 4) is 5.75 Å². The predicted molar refractivity (Wildman–Crippen MR) is 149 cm³/mol. The number of ether oxygens (including phenoxy) is 1. The Morgan fingerprint density at radius 1 is 1.20 bits per heavy atom. The molecule has 0 saturated carbocycles. The molecule has 3 nitrogen and oxygen atoms in total. The molecule has 0 radical (unpaired) electrons. The van der Waals surface area contributed by atoms with Gasteiger partial charge in [0.15, 0.2) is 0 Å². The maximum Gasteiger partial charge on any atom is 1.00 e. The number of aromatic nitrogens is 1. The predicted octanol–water partition coefficient (Wildman–Crippen LogP) is 5.82. The van der Waals surface area contributed by atoms with Crippen molar-refractivity contribution in [3.05, 3.63) is 73.3 Å². The molecule has 0 bridgehead atoms. The molecular formula is C29H49CsF2N2O. The number of nitrogens with zero attached hydrogens (tertiary/aromatic N) is 1. The second kappa shape index (κ2) is 28.2. The van der Waals surface area contributed by atoms with Crippen molar-refractivity contribution in [3.63, 3.8) is 0 Å². The van der Waals surface area contributed by atoms with Crippen molar-refractivity contribution in [2.45, 2.75) is 60.9 Å². The van der Waals surface area contributed by atoms with Gasteiger partial charge in [-0.15, -0.1) is 0 Å². The summed E-state index contributed by atoms with van der Waals surface area (Å²) in [6, 6.07) is 4.17.